The van der Waals surface area contributed by atoms with E-state index in [9.17, 15) is 9.90 Å². The van der Waals surface area contributed by atoms with Crippen LogP contribution in [0.3, 0.4) is 0 Å². The number of carboxylic acid groups (broad SMARTS) is 1. The molecule has 0 unspecified atom stereocenters. The van der Waals surface area contributed by atoms with Gasteiger partial charge in [-0.2, -0.15) is 0 Å². The van der Waals surface area contributed by atoms with Crippen molar-refractivity contribution in [1.82, 2.24) is 9.88 Å². The van der Waals surface area contributed by atoms with Gasteiger partial charge in [-0.3, -0.25) is 9.69 Å². The third kappa shape index (κ3) is 5.96. The Balaban J connectivity index is 1.36. The molecular weight excluding hydrogens is 388 g/mol. The fourth-order valence-corrected chi connectivity index (χ4v) is 3.74. The van der Waals surface area contributed by atoms with E-state index < -0.39 is 5.97 Å². The van der Waals surface area contributed by atoms with Crippen LogP contribution in [-0.4, -0.2) is 34.1 Å². The monoisotopic (exact) mass is 414 g/mol. The predicted octanol–water partition coefficient (Wildman–Crippen LogP) is 4.88. The fraction of sp³-hybridized carbons (Fsp3) is 0.192. The highest BCUT2D eigenvalue weighted by Crippen LogP contribution is 2.18. The summed E-state index contributed by atoms with van der Waals surface area (Å²) < 4.78 is 5.97. The Hall–Kier alpha value is -3.57. The molecule has 1 aromatic heterocycles. The number of ether oxygens (including phenoxy) is 1. The molecule has 0 radical (unpaired) electrons. The van der Waals surface area contributed by atoms with Gasteiger partial charge in [0.05, 0.1) is 13.2 Å². The molecule has 0 fully saturated rings. The van der Waals surface area contributed by atoms with Crippen LogP contribution in [0.2, 0.25) is 0 Å². The minimum Gasteiger partial charge on any atom is -0.493 e. The first-order valence-electron chi connectivity index (χ1n) is 10.4. The summed E-state index contributed by atoms with van der Waals surface area (Å²) in [5.74, 6) is -0.0368. The Morgan fingerprint density at radius 2 is 1.61 bits per heavy atom. The number of nitrogens with zero attached hydrogens (tertiary/aromatic N) is 1. The zero-order valence-electron chi connectivity index (χ0n) is 17.3. The third-order valence-electron chi connectivity index (χ3n) is 5.14. The van der Waals surface area contributed by atoms with E-state index in [1.165, 1.54) is 5.39 Å². The van der Waals surface area contributed by atoms with Crippen LogP contribution >= 0.6 is 0 Å². The Morgan fingerprint density at radius 3 is 2.42 bits per heavy atom. The van der Waals surface area contributed by atoms with E-state index in [2.05, 4.69) is 23.2 Å². The summed E-state index contributed by atoms with van der Waals surface area (Å²) in [6.45, 7) is 1.68. The van der Waals surface area contributed by atoms with Gasteiger partial charge in [-0.15, -0.1) is 0 Å². The van der Waals surface area contributed by atoms with Crippen LogP contribution in [-0.2, 0) is 24.3 Å². The lowest BCUT2D eigenvalue weighted by Gasteiger charge is -2.21. The molecule has 5 heteroatoms. The maximum absolute atomic E-state index is 11.3. The van der Waals surface area contributed by atoms with Gasteiger partial charge >= 0.3 is 5.97 Å². The highest BCUT2D eigenvalue weighted by molar-refractivity contribution is 5.80. The number of aromatic nitrogens is 1. The number of aliphatic carboxylic acids is 1. The number of aromatic amines is 1. The van der Waals surface area contributed by atoms with Gasteiger partial charge in [0.1, 0.15) is 5.75 Å². The normalized spacial score (nSPS) is 11.1. The van der Waals surface area contributed by atoms with Crippen LogP contribution in [0.4, 0.5) is 0 Å². The zero-order chi connectivity index (χ0) is 21.5. The van der Waals surface area contributed by atoms with Gasteiger partial charge in [0.25, 0.3) is 0 Å². The standard InChI is InChI=1S/C26H26N2O3/c29-26(30)19-28(17-20-7-2-1-3-8-20)18-21-9-6-11-24(15-21)31-14-13-23-16-22-10-4-5-12-25(22)27-23/h1-12,15-16,27H,13-14,17-19H2,(H,29,30). The number of H-pyrrole nitrogens is 1. The molecule has 0 spiro atoms. The predicted molar refractivity (Wildman–Crippen MR) is 122 cm³/mol. The molecule has 3 aromatic carbocycles. The van der Waals surface area contributed by atoms with E-state index in [4.69, 9.17) is 4.74 Å². The fourth-order valence-electron chi connectivity index (χ4n) is 3.74. The van der Waals surface area contributed by atoms with Gasteiger partial charge in [0.2, 0.25) is 0 Å². The zero-order valence-corrected chi connectivity index (χ0v) is 17.3. The van der Waals surface area contributed by atoms with E-state index >= 15 is 0 Å². The van der Waals surface area contributed by atoms with Crippen molar-refractivity contribution >= 4 is 16.9 Å². The number of carboxylic acids is 1. The Kier molecular flexibility index (Phi) is 6.65. The van der Waals surface area contributed by atoms with Gasteiger partial charge in [-0.1, -0.05) is 60.7 Å². The highest BCUT2D eigenvalue weighted by Gasteiger charge is 2.12. The summed E-state index contributed by atoms with van der Waals surface area (Å²) in [5, 5.41) is 10.5. The second kappa shape index (κ2) is 9.96. The average Bonchev–Trinajstić information content (AvgIpc) is 3.17. The van der Waals surface area contributed by atoms with Gasteiger partial charge in [0, 0.05) is 30.7 Å². The topological polar surface area (TPSA) is 65.6 Å². The SMILES string of the molecule is O=C(O)CN(Cc1ccccc1)Cc1cccc(OCCc2cc3ccccc3[nH]2)c1. The van der Waals surface area contributed by atoms with Crippen molar-refractivity contribution in [2.24, 2.45) is 0 Å². The molecule has 0 saturated heterocycles. The number of hydrogen-bond donors (Lipinski definition) is 2. The van der Waals surface area contributed by atoms with Crippen molar-refractivity contribution in [3.63, 3.8) is 0 Å². The minimum absolute atomic E-state index is 0.0135. The number of carbonyl (C=O) groups is 1. The molecule has 0 aliphatic rings. The molecule has 0 bridgehead atoms. The molecular formula is C26H26N2O3. The lowest BCUT2D eigenvalue weighted by Crippen LogP contribution is -2.28. The van der Waals surface area contributed by atoms with Crippen LogP contribution in [0, 0.1) is 0 Å². The van der Waals surface area contributed by atoms with E-state index in [0.29, 0.717) is 19.7 Å². The number of nitrogens with one attached hydrogen (secondary N) is 1. The number of benzene rings is 3. The van der Waals surface area contributed by atoms with E-state index in [1.54, 1.807) is 0 Å². The molecule has 4 rings (SSSR count). The molecule has 31 heavy (non-hydrogen) atoms. The molecule has 0 atom stereocenters. The van der Waals surface area contributed by atoms with Gasteiger partial charge in [-0.05, 0) is 40.8 Å². The number of para-hydroxylation sites is 1. The Labute approximate surface area is 181 Å². The Morgan fingerprint density at radius 1 is 0.871 bits per heavy atom. The van der Waals surface area contributed by atoms with Gasteiger partial charge in [0.15, 0.2) is 0 Å². The largest absolute Gasteiger partial charge is 0.493 e. The molecule has 5 nitrogen and oxygen atoms in total. The summed E-state index contributed by atoms with van der Waals surface area (Å²) in [6, 6.07) is 28.2. The van der Waals surface area contributed by atoms with E-state index in [0.717, 1.165) is 34.5 Å². The summed E-state index contributed by atoms with van der Waals surface area (Å²) >= 11 is 0. The lowest BCUT2D eigenvalue weighted by atomic mass is 10.1. The van der Waals surface area contributed by atoms with E-state index in [1.807, 2.05) is 71.6 Å². The third-order valence-corrected chi connectivity index (χ3v) is 5.14. The van der Waals surface area contributed by atoms with Gasteiger partial charge < -0.3 is 14.8 Å². The quantitative estimate of drug-likeness (QED) is 0.388. The number of hydrogen-bond acceptors (Lipinski definition) is 3. The maximum Gasteiger partial charge on any atom is 0.317 e. The lowest BCUT2D eigenvalue weighted by molar-refractivity contribution is -0.138. The summed E-state index contributed by atoms with van der Waals surface area (Å²) in [4.78, 5) is 16.7. The molecule has 1 heterocycles. The van der Waals surface area contributed by atoms with Crippen molar-refractivity contribution in [3.8, 4) is 5.75 Å². The van der Waals surface area contributed by atoms with Crippen molar-refractivity contribution in [2.75, 3.05) is 13.2 Å². The van der Waals surface area contributed by atoms with Gasteiger partial charge in [-0.25, -0.2) is 0 Å². The van der Waals surface area contributed by atoms with Crippen LogP contribution in [0.15, 0.2) is 84.9 Å². The molecule has 158 valence electrons. The number of fused-ring (bicyclic) bond motifs is 1. The maximum atomic E-state index is 11.3. The molecule has 0 aliphatic carbocycles. The van der Waals surface area contributed by atoms with Crippen molar-refractivity contribution in [1.29, 1.82) is 0 Å². The smallest absolute Gasteiger partial charge is 0.317 e. The molecule has 0 amide bonds. The van der Waals surface area contributed by atoms with Crippen molar-refractivity contribution < 1.29 is 14.6 Å². The minimum atomic E-state index is -0.832. The first kappa shape index (κ1) is 20.7. The summed E-state index contributed by atoms with van der Waals surface area (Å²) in [7, 11) is 0. The first-order chi connectivity index (χ1) is 15.2. The summed E-state index contributed by atoms with van der Waals surface area (Å²) in [5.41, 5.74) is 4.40. The van der Waals surface area contributed by atoms with Crippen LogP contribution < -0.4 is 4.74 Å². The van der Waals surface area contributed by atoms with Crippen LogP contribution in [0.25, 0.3) is 10.9 Å². The Bertz CT molecular complexity index is 1100. The second-order valence-electron chi connectivity index (χ2n) is 7.65. The summed E-state index contributed by atoms with van der Waals surface area (Å²) in [6.07, 6.45) is 0.790. The number of rotatable bonds is 10. The highest BCUT2D eigenvalue weighted by atomic mass is 16.5. The molecule has 0 saturated carbocycles. The van der Waals surface area contributed by atoms with E-state index in [-0.39, 0.29) is 6.54 Å². The van der Waals surface area contributed by atoms with Crippen molar-refractivity contribution in [2.45, 2.75) is 19.5 Å². The van der Waals surface area contributed by atoms with Crippen LogP contribution in [0.5, 0.6) is 5.75 Å². The molecule has 4 aromatic rings. The molecule has 0 aliphatic heterocycles. The van der Waals surface area contributed by atoms with Crippen molar-refractivity contribution in [3.05, 3.63) is 102 Å². The average molecular weight is 415 g/mol. The van der Waals surface area contributed by atoms with Crippen LogP contribution in [0.1, 0.15) is 16.8 Å². The second-order valence-corrected chi connectivity index (χ2v) is 7.65. The molecule has 2 N–H and O–H groups in total. The first-order valence-corrected chi connectivity index (χ1v) is 10.4.